The van der Waals surface area contributed by atoms with Gasteiger partial charge in [0.25, 0.3) is 0 Å². The first-order valence-electron chi connectivity index (χ1n) is 9.40. The minimum Gasteiger partial charge on any atom is -0.497 e. The molecule has 3 aromatic heterocycles. The van der Waals surface area contributed by atoms with Crippen molar-refractivity contribution in [2.45, 2.75) is 13.8 Å². The average molecular weight is 417 g/mol. The molecule has 4 rings (SSSR count). The summed E-state index contributed by atoms with van der Waals surface area (Å²) in [6.45, 7) is 3.68. The predicted octanol–water partition coefficient (Wildman–Crippen LogP) is 4.66. The van der Waals surface area contributed by atoms with E-state index in [0.29, 0.717) is 28.0 Å². The molecule has 156 valence electrons. The van der Waals surface area contributed by atoms with E-state index in [2.05, 4.69) is 15.0 Å². The zero-order valence-corrected chi connectivity index (χ0v) is 17.1. The molecule has 0 atom stereocenters. The van der Waals surface area contributed by atoms with E-state index in [1.807, 2.05) is 19.9 Å². The summed E-state index contributed by atoms with van der Waals surface area (Å²) in [6, 6.07) is 10.4. The summed E-state index contributed by atoms with van der Waals surface area (Å²) in [4.78, 5) is 24.5. The lowest BCUT2D eigenvalue weighted by Gasteiger charge is -2.06. The Morgan fingerprint density at radius 1 is 1.06 bits per heavy atom. The van der Waals surface area contributed by atoms with Crippen LogP contribution in [-0.2, 0) is 4.79 Å². The van der Waals surface area contributed by atoms with Crippen LogP contribution in [-0.4, -0.2) is 33.1 Å². The van der Waals surface area contributed by atoms with Gasteiger partial charge in [-0.3, -0.25) is 4.98 Å². The fourth-order valence-corrected chi connectivity index (χ4v) is 3.16. The van der Waals surface area contributed by atoms with Crippen molar-refractivity contribution in [3.05, 3.63) is 71.5 Å². The highest BCUT2D eigenvalue weighted by atomic mass is 16.5. The molecular formula is C23H19N3O5. The molecule has 0 saturated heterocycles. The van der Waals surface area contributed by atoms with Crippen LogP contribution in [0.5, 0.6) is 17.5 Å². The third kappa shape index (κ3) is 4.23. The third-order valence-electron chi connectivity index (χ3n) is 4.53. The van der Waals surface area contributed by atoms with Crippen molar-refractivity contribution >= 4 is 28.6 Å². The van der Waals surface area contributed by atoms with Crippen molar-refractivity contribution in [2.24, 2.45) is 0 Å². The van der Waals surface area contributed by atoms with E-state index in [1.165, 1.54) is 18.5 Å². The Morgan fingerprint density at radius 3 is 2.42 bits per heavy atom. The maximum atomic E-state index is 12.0. The van der Waals surface area contributed by atoms with Crippen molar-refractivity contribution in [3.8, 4) is 17.5 Å². The van der Waals surface area contributed by atoms with Gasteiger partial charge in [-0.25, -0.2) is 14.8 Å². The Balaban J connectivity index is 1.90. The van der Waals surface area contributed by atoms with Crippen LogP contribution >= 0.6 is 0 Å². The molecule has 0 saturated carbocycles. The number of aromatic nitrogens is 3. The minimum absolute atomic E-state index is 0.0274. The number of ether oxygens (including phenoxy) is 2. The Morgan fingerprint density at radius 2 is 1.77 bits per heavy atom. The summed E-state index contributed by atoms with van der Waals surface area (Å²) in [5.41, 5.74) is 2.48. The van der Waals surface area contributed by atoms with Crippen LogP contribution in [0.25, 0.3) is 22.6 Å². The maximum Gasteiger partial charge on any atom is 0.336 e. The second kappa shape index (κ2) is 8.27. The first-order chi connectivity index (χ1) is 14.9. The van der Waals surface area contributed by atoms with Gasteiger partial charge >= 0.3 is 12.0 Å². The summed E-state index contributed by atoms with van der Waals surface area (Å²) in [7, 11) is 1.55. The van der Waals surface area contributed by atoms with Gasteiger partial charge in [0.1, 0.15) is 11.3 Å². The number of methoxy groups -OCH3 is 1. The first kappa shape index (κ1) is 20.1. The first-order valence-corrected chi connectivity index (χ1v) is 9.40. The second-order valence-electron chi connectivity index (χ2n) is 6.79. The van der Waals surface area contributed by atoms with Gasteiger partial charge in [0.2, 0.25) is 0 Å². The number of carbonyl (C=O) groups is 1. The predicted molar refractivity (Wildman–Crippen MR) is 114 cm³/mol. The lowest BCUT2D eigenvalue weighted by atomic mass is 10.1. The van der Waals surface area contributed by atoms with E-state index in [4.69, 9.17) is 13.9 Å². The number of aliphatic carboxylic acids is 1. The molecule has 0 aliphatic carbocycles. The normalized spacial score (nSPS) is 11.5. The molecule has 4 aromatic rings. The number of pyridine rings is 1. The topological polar surface area (TPSA) is 108 Å². The van der Waals surface area contributed by atoms with Crippen LogP contribution in [0.4, 0.5) is 0 Å². The number of nitrogens with zero attached hydrogens (tertiary/aromatic N) is 3. The Hall–Kier alpha value is -4.20. The van der Waals surface area contributed by atoms with E-state index in [-0.39, 0.29) is 17.3 Å². The fraction of sp³-hybridized carbons (Fsp3) is 0.130. The molecule has 1 aromatic carbocycles. The van der Waals surface area contributed by atoms with Gasteiger partial charge in [0.15, 0.2) is 11.5 Å². The van der Waals surface area contributed by atoms with Gasteiger partial charge in [0.05, 0.1) is 18.1 Å². The van der Waals surface area contributed by atoms with Crippen molar-refractivity contribution in [2.75, 3.05) is 7.11 Å². The van der Waals surface area contributed by atoms with E-state index in [0.717, 1.165) is 11.4 Å². The molecule has 8 heteroatoms. The number of hydrogen-bond donors (Lipinski definition) is 1. The molecule has 0 amide bonds. The van der Waals surface area contributed by atoms with Gasteiger partial charge in [0, 0.05) is 29.8 Å². The number of fused-ring (bicyclic) bond motifs is 1. The van der Waals surface area contributed by atoms with Crippen molar-refractivity contribution < 1.29 is 23.8 Å². The number of carboxylic acids is 1. The van der Waals surface area contributed by atoms with Crippen LogP contribution in [0.15, 0.2) is 53.2 Å². The van der Waals surface area contributed by atoms with Gasteiger partial charge in [-0.1, -0.05) is 0 Å². The molecule has 0 aliphatic heterocycles. The lowest BCUT2D eigenvalue weighted by Crippen LogP contribution is -2.00. The molecule has 0 unspecified atom stereocenters. The standard InChI is InChI=1S/C23H19N3O5/c1-13-10-14(2)26-23(25-13)31-21-17-5-4-16(29-3)11-19(17)30-20(21)12-18(22(27)28)15-6-8-24-9-7-15/h4-12H,1-3H3,(H,27,28). The van der Waals surface area contributed by atoms with E-state index < -0.39 is 5.97 Å². The average Bonchev–Trinajstić information content (AvgIpc) is 3.07. The number of hydrogen-bond acceptors (Lipinski definition) is 7. The molecule has 8 nitrogen and oxygen atoms in total. The van der Waals surface area contributed by atoms with Crippen molar-refractivity contribution in [3.63, 3.8) is 0 Å². The van der Waals surface area contributed by atoms with Crippen LogP contribution < -0.4 is 9.47 Å². The SMILES string of the molecule is COc1ccc2c(Oc3nc(C)cc(C)n3)c(C=C(C(=O)O)c3ccncc3)oc2c1. The maximum absolute atomic E-state index is 12.0. The molecule has 1 N–H and O–H groups in total. The van der Waals surface area contributed by atoms with Gasteiger partial charge in [-0.2, -0.15) is 0 Å². The number of carboxylic acid groups (broad SMARTS) is 1. The molecule has 31 heavy (non-hydrogen) atoms. The second-order valence-corrected chi connectivity index (χ2v) is 6.79. The van der Waals surface area contributed by atoms with Gasteiger partial charge < -0.3 is 19.0 Å². The molecule has 0 spiro atoms. The minimum atomic E-state index is -1.11. The summed E-state index contributed by atoms with van der Waals surface area (Å²) < 4.78 is 17.2. The zero-order chi connectivity index (χ0) is 22.0. The van der Waals surface area contributed by atoms with Crippen molar-refractivity contribution in [1.82, 2.24) is 15.0 Å². The largest absolute Gasteiger partial charge is 0.497 e. The zero-order valence-electron chi connectivity index (χ0n) is 17.1. The highest BCUT2D eigenvalue weighted by Crippen LogP contribution is 2.39. The highest BCUT2D eigenvalue weighted by molar-refractivity contribution is 6.20. The molecule has 0 radical (unpaired) electrons. The van der Waals surface area contributed by atoms with Crippen molar-refractivity contribution in [1.29, 1.82) is 0 Å². The van der Waals surface area contributed by atoms with Crippen LogP contribution in [0.2, 0.25) is 0 Å². The van der Waals surface area contributed by atoms with Crippen LogP contribution in [0, 0.1) is 13.8 Å². The fourth-order valence-electron chi connectivity index (χ4n) is 3.16. The number of furan rings is 1. The smallest absolute Gasteiger partial charge is 0.336 e. The summed E-state index contributed by atoms with van der Waals surface area (Å²) >= 11 is 0. The number of rotatable bonds is 6. The Bertz CT molecular complexity index is 1280. The van der Waals surface area contributed by atoms with Gasteiger partial charge in [-0.15, -0.1) is 0 Å². The molecule has 3 heterocycles. The summed E-state index contributed by atoms with van der Waals surface area (Å²) in [6.07, 6.45) is 4.47. The lowest BCUT2D eigenvalue weighted by molar-refractivity contribution is -0.130. The quantitative estimate of drug-likeness (QED) is 0.451. The van der Waals surface area contributed by atoms with Crippen LogP contribution in [0.1, 0.15) is 22.7 Å². The third-order valence-corrected chi connectivity index (χ3v) is 4.53. The van der Waals surface area contributed by atoms with Gasteiger partial charge in [-0.05, 0) is 55.8 Å². The van der Waals surface area contributed by atoms with E-state index >= 15 is 0 Å². The molecule has 0 fully saturated rings. The summed E-state index contributed by atoms with van der Waals surface area (Å²) in [5.74, 6) is 0.0205. The van der Waals surface area contributed by atoms with E-state index in [1.54, 1.807) is 37.4 Å². The highest BCUT2D eigenvalue weighted by Gasteiger charge is 2.20. The Kier molecular flexibility index (Phi) is 5.36. The number of benzene rings is 1. The molecule has 0 bridgehead atoms. The molecule has 0 aliphatic rings. The van der Waals surface area contributed by atoms with E-state index in [9.17, 15) is 9.90 Å². The summed E-state index contributed by atoms with van der Waals surface area (Å²) in [5, 5.41) is 10.4. The monoisotopic (exact) mass is 417 g/mol. The molecular weight excluding hydrogens is 398 g/mol. The van der Waals surface area contributed by atoms with Crippen LogP contribution in [0.3, 0.4) is 0 Å². The Labute approximate surface area is 177 Å². The number of aryl methyl sites for hydroxylation is 2.